The molecule has 0 radical (unpaired) electrons. The molecule has 2 unspecified atom stereocenters. The minimum absolute atomic E-state index is 0.0887. The molecule has 30 heavy (non-hydrogen) atoms. The molecule has 2 aliphatic rings. The number of carbonyl (C=O) groups excluding carboxylic acids is 1. The predicted octanol–water partition coefficient (Wildman–Crippen LogP) is 2.17. The maximum atomic E-state index is 12.9. The van der Waals surface area contributed by atoms with Crippen LogP contribution in [0.25, 0.3) is 0 Å². The highest BCUT2D eigenvalue weighted by atomic mass is 32.2. The van der Waals surface area contributed by atoms with Crippen LogP contribution in [0, 0.1) is 6.92 Å². The Bertz CT molecular complexity index is 1080. The lowest BCUT2D eigenvalue weighted by molar-refractivity contribution is -0.128. The summed E-state index contributed by atoms with van der Waals surface area (Å²) in [5.74, 6) is 1.30. The summed E-state index contributed by atoms with van der Waals surface area (Å²) in [6.45, 7) is 4.62. The maximum absolute atomic E-state index is 12.9. The fraction of sp³-hybridized carbons (Fsp3) is 0.381. The molecule has 2 heterocycles. The first-order chi connectivity index (χ1) is 14.2. The lowest BCUT2D eigenvalue weighted by Crippen LogP contribution is -2.50. The molecule has 0 saturated carbocycles. The van der Waals surface area contributed by atoms with Gasteiger partial charge in [-0.25, -0.2) is 8.42 Å². The summed E-state index contributed by atoms with van der Waals surface area (Å²) in [6, 6.07) is 10.4. The Morgan fingerprint density at radius 1 is 1.10 bits per heavy atom. The molecule has 1 amide bonds. The van der Waals surface area contributed by atoms with Crippen molar-refractivity contribution in [3.63, 3.8) is 0 Å². The molecule has 9 heteroatoms. The molecular formula is C21H24N2O6S. The quantitative estimate of drug-likeness (QED) is 0.796. The normalized spacial score (nSPS) is 18.8. The van der Waals surface area contributed by atoms with E-state index in [1.807, 2.05) is 38.1 Å². The van der Waals surface area contributed by atoms with Gasteiger partial charge in [-0.15, -0.1) is 0 Å². The molecule has 1 N–H and O–H groups in total. The van der Waals surface area contributed by atoms with Gasteiger partial charge in [-0.05, 0) is 49.2 Å². The van der Waals surface area contributed by atoms with E-state index in [2.05, 4.69) is 5.32 Å². The Labute approximate surface area is 175 Å². The molecule has 2 atom stereocenters. The van der Waals surface area contributed by atoms with E-state index in [-0.39, 0.29) is 12.6 Å². The van der Waals surface area contributed by atoms with Gasteiger partial charge in [-0.2, -0.15) is 0 Å². The third kappa shape index (κ3) is 4.02. The first kappa shape index (κ1) is 20.3. The zero-order valence-electron chi connectivity index (χ0n) is 17.0. The Morgan fingerprint density at radius 2 is 1.83 bits per heavy atom. The minimum atomic E-state index is -3.57. The van der Waals surface area contributed by atoms with Gasteiger partial charge in [-0.3, -0.25) is 9.10 Å². The van der Waals surface area contributed by atoms with Crippen LogP contribution in [0.4, 0.5) is 5.69 Å². The molecule has 4 rings (SSSR count). The van der Waals surface area contributed by atoms with Gasteiger partial charge in [0.25, 0.3) is 5.91 Å². The number of nitrogens with zero attached hydrogens (tertiary/aromatic N) is 1. The van der Waals surface area contributed by atoms with Gasteiger partial charge >= 0.3 is 0 Å². The summed E-state index contributed by atoms with van der Waals surface area (Å²) in [6.07, 6.45) is 0.156. The van der Waals surface area contributed by atoms with Crippen LogP contribution in [0.1, 0.15) is 24.1 Å². The zero-order chi connectivity index (χ0) is 21.5. The van der Waals surface area contributed by atoms with Gasteiger partial charge < -0.3 is 19.5 Å². The Hall–Kier alpha value is -2.94. The Morgan fingerprint density at radius 3 is 2.57 bits per heavy atom. The number of ether oxygens (including phenoxy) is 3. The number of aryl methyl sites for hydroxylation is 1. The van der Waals surface area contributed by atoms with Crippen molar-refractivity contribution >= 4 is 21.6 Å². The second-order valence-corrected chi connectivity index (χ2v) is 9.41. The number of rotatable bonds is 4. The van der Waals surface area contributed by atoms with Crippen LogP contribution in [-0.2, 0) is 14.8 Å². The minimum Gasteiger partial charge on any atom is -0.486 e. The molecule has 0 saturated heterocycles. The van der Waals surface area contributed by atoms with Gasteiger partial charge in [0.1, 0.15) is 19.0 Å². The van der Waals surface area contributed by atoms with Gasteiger partial charge in [0.15, 0.2) is 17.6 Å². The highest BCUT2D eigenvalue weighted by Gasteiger charge is 2.35. The summed E-state index contributed by atoms with van der Waals surface area (Å²) in [5.41, 5.74) is 2.19. The Balaban J connectivity index is 1.53. The average Bonchev–Trinajstić information content (AvgIpc) is 2.71. The van der Waals surface area contributed by atoms with E-state index < -0.39 is 22.0 Å². The van der Waals surface area contributed by atoms with Gasteiger partial charge in [0.2, 0.25) is 10.0 Å². The predicted molar refractivity (Wildman–Crippen MR) is 112 cm³/mol. The largest absolute Gasteiger partial charge is 0.486 e. The first-order valence-electron chi connectivity index (χ1n) is 9.67. The van der Waals surface area contributed by atoms with Crippen LogP contribution in [0.15, 0.2) is 36.4 Å². The third-order valence-corrected chi connectivity index (χ3v) is 6.25. The summed E-state index contributed by atoms with van der Waals surface area (Å²) in [7, 11) is -3.57. The number of benzene rings is 2. The topological polar surface area (TPSA) is 94.2 Å². The van der Waals surface area contributed by atoms with Crippen molar-refractivity contribution in [2.24, 2.45) is 0 Å². The van der Waals surface area contributed by atoms with Gasteiger partial charge in [0, 0.05) is 0 Å². The molecule has 2 aliphatic heterocycles. The van der Waals surface area contributed by atoms with Crippen molar-refractivity contribution in [1.29, 1.82) is 0 Å². The molecule has 2 aromatic carbocycles. The van der Waals surface area contributed by atoms with Gasteiger partial charge in [0.05, 0.1) is 24.5 Å². The summed E-state index contributed by atoms with van der Waals surface area (Å²) >= 11 is 0. The number of sulfonamides is 1. The molecule has 8 nitrogen and oxygen atoms in total. The number of hydrogen-bond acceptors (Lipinski definition) is 6. The summed E-state index contributed by atoms with van der Waals surface area (Å²) in [4.78, 5) is 12.9. The van der Waals surface area contributed by atoms with Crippen LogP contribution in [0.5, 0.6) is 17.2 Å². The van der Waals surface area contributed by atoms with E-state index in [4.69, 9.17) is 14.2 Å². The fourth-order valence-electron chi connectivity index (χ4n) is 3.53. The smallest absolute Gasteiger partial charge is 0.263 e. The lowest BCUT2D eigenvalue weighted by atomic mass is 10.1. The molecule has 0 aliphatic carbocycles. The number of carbonyl (C=O) groups is 1. The van der Waals surface area contributed by atoms with Crippen LogP contribution in [0.2, 0.25) is 0 Å². The lowest BCUT2D eigenvalue weighted by Gasteiger charge is -2.34. The van der Waals surface area contributed by atoms with Crippen LogP contribution < -0.4 is 23.8 Å². The first-order valence-corrected chi connectivity index (χ1v) is 11.5. The molecule has 0 spiro atoms. The van der Waals surface area contributed by atoms with E-state index in [1.54, 1.807) is 12.1 Å². The third-order valence-electron chi connectivity index (χ3n) is 5.10. The monoisotopic (exact) mass is 432 g/mol. The highest BCUT2D eigenvalue weighted by molar-refractivity contribution is 7.92. The molecular weight excluding hydrogens is 408 g/mol. The standard InChI is InChI=1S/C21H24N2O6S/c1-13-4-6-16-18(10-13)29-20(12-23(16)30(3,25)26)21(24)22-14(2)15-5-7-17-19(11-15)28-9-8-27-17/h4-7,10-11,14,20H,8-9,12H2,1-3H3,(H,22,24). The molecule has 160 valence electrons. The maximum Gasteiger partial charge on any atom is 0.263 e. The summed E-state index contributed by atoms with van der Waals surface area (Å²) in [5, 5.41) is 2.91. The number of fused-ring (bicyclic) bond motifs is 2. The second kappa shape index (κ2) is 7.71. The molecule has 2 aromatic rings. The highest BCUT2D eigenvalue weighted by Crippen LogP contribution is 2.36. The molecule has 0 bridgehead atoms. The number of amides is 1. The van der Waals surface area contributed by atoms with E-state index in [9.17, 15) is 13.2 Å². The van der Waals surface area contributed by atoms with Crippen molar-refractivity contribution in [1.82, 2.24) is 5.32 Å². The number of hydrogen-bond donors (Lipinski definition) is 1. The van der Waals surface area contributed by atoms with Crippen molar-refractivity contribution in [3.8, 4) is 17.2 Å². The van der Waals surface area contributed by atoms with Crippen molar-refractivity contribution < 1.29 is 27.4 Å². The zero-order valence-corrected chi connectivity index (χ0v) is 17.9. The average molecular weight is 432 g/mol. The SMILES string of the molecule is Cc1ccc2c(c1)OC(C(=O)NC(C)c1ccc3c(c1)OCCO3)CN2S(C)(=O)=O. The van der Waals surface area contributed by atoms with Gasteiger partial charge in [-0.1, -0.05) is 12.1 Å². The van der Waals surface area contributed by atoms with E-state index >= 15 is 0 Å². The molecule has 0 fully saturated rings. The van der Waals surface area contributed by atoms with Crippen LogP contribution in [0.3, 0.4) is 0 Å². The fourth-order valence-corrected chi connectivity index (χ4v) is 4.45. The number of nitrogens with one attached hydrogen (secondary N) is 1. The van der Waals surface area contributed by atoms with Crippen molar-refractivity contribution in [2.45, 2.75) is 26.0 Å². The second-order valence-electron chi connectivity index (χ2n) is 7.51. The molecule has 0 aromatic heterocycles. The van der Waals surface area contributed by atoms with E-state index in [0.717, 1.165) is 17.4 Å². The van der Waals surface area contributed by atoms with Crippen LogP contribution >= 0.6 is 0 Å². The summed E-state index contributed by atoms with van der Waals surface area (Å²) < 4.78 is 42.8. The van der Waals surface area contributed by atoms with Crippen LogP contribution in [-0.4, -0.2) is 46.4 Å². The van der Waals surface area contributed by atoms with Crippen molar-refractivity contribution in [3.05, 3.63) is 47.5 Å². The van der Waals surface area contributed by atoms with Crippen molar-refractivity contribution in [2.75, 3.05) is 30.3 Å². The van der Waals surface area contributed by atoms with E-state index in [1.165, 1.54) is 4.31 Å². The van der Waals surface area contributed by atoms with E-state index in [0.29, 0.717) is 36.1 Å². The Kier molecular flexibility index (Phi) is 5.23. The number of anilines is 1.